The van der Waals surface area contributed by atoms with E-state index in [9.17, 15) is 0 Å². The number of aryl methyl sites for hydroxylation is 1. The molecule has 126 valence electrons. The van der Waals surface area contributed by atoms with Crippen LogP contribution < -0.4 is 4.90 Å². The lowest BCUT2D eigenvalue weighted by molar-refractivity contribution is 1.27. The van der Waals surface area contributed by atoms with Crippen LogP contribution in [0.15, 0.2) is 109 Å². The Morgan fingerprint density at radius 3 is 1.58 bits per heavy atom. The van der Waals surface area contributed by atoms with Gasteiger partial charge in [-0.2, -0.15) is 0 Å². The van der Waals surface area contributed by atoms with Crippen molar-refractivity contribution in [2.75, 3.05) is 4.90 Å². The minimum atomic E-state index is 1.15. The summed E-state index contributed by atoms with van der Waals surface area (Å²) in [6.45, 7) is 2.15. The van der Waals surface area contributed by atoms with Gasteiger partial charge in [-0.1, -0.05) is 78.9 Å². The zero-order valence-electron chi connectivity index (χ0n) is 14.8. The lowest BCUT2D eigenvalue weighted by Crippen LogP contribution is -2.11. The minimum absolute atomic E-state index is 1.15. The van der Waals surface area contributed by atoms with E-state index in [1.165, 1.54) is 22.4 Å². The summed E-state index contributed by atoms with van der Waals surface area (Å²) in [6.07, 6.45) is 0. The van der Waals surface area contributed by atoms with Crippen LogP contribution in [0.1, 0.15) is 5.56 Å². The van der Waals surface area contributed by atoms with E-state index in [0.717, 1.165) is 11.4 Å². The van der Waals surface area contributed by atoms with Crippen molar-refractivity contribution < 1.29 is 0 Å². The van der Waals surface area contributed by atoms with E-state index in [2.05, 4.69) is 121 Å². The predicted molar refractivity (Wildman–Crippen MR) is 111 cm³/mol. The fourth-order valence-corrected chi connectivity index (χ4v) is 3.27. The smallest absolute Gasteiger partial charge is 0.0542 e. The Kier molecular flexibility index (Phi) is 4.53. The number of nitrogens with zero attached hydrogens (tertiary/aromatic N) is 1. The molecule has 0 saturated carbocycles. The lowest BCUT2D eigenvalue weighted by atomic mass is 10.00. The Morgan fingerprint density at radius 1 is 0.538 bits per heavy atom. The van der Waals surface area contributed by atoms with Crippen LogP contribution in [-0.4, -0.2) is 0 Å². The summed E-state index contributed by atoms with van der Waals surface area (Å²) in [6, 6.07) is 38.3. The van der Waals surface area contributed by atoms with Gasteiger partial charge in [0.1, 0.15) is 0 Å². The molecule has 0 aliphatic heterocycles. The average molecular weight is 335 g/mol. The monoisotopic (exact) mass is 335 g/mol. The topological polar surface area (TPSA) is 3.24 Å². The average Bonchev–Trinajstić information content (AvgIpc) is 2.71. The third-order valence-electron chi connectivity index (χ3n) is 4.51. The normalized spacial score (nSPS) is 10.5. The summed E-state index contributed by atoms with van der Waals surface area (Å²) in [5.41, 5.74) is 7.19. The number of rotatable bonds is 4. The molecule has 4 aromatic rings. The summed E-state index contributed by atoms with van der Waals surface area (Å²) in [7, 11) is 0. The maximum absolute atomic E-state index is 2.33. The first-order chi connectivity index (χ1) is 12.8. The highest BCUT2D eigenvalue weighted by Gasteiger charge is 2.16. The van der Waals surface area contributed by atoms with Crippen LogP contribution in [0, 0.1) is 6.92 Å². The molecule has 0 atom stereocenters. The fraction of sp³-hybridized carbons (Fsp3) is 0.0400. The second-order valence-electron chi connectivity index (χ2n) is 6.39. The van der Waals surface area contributed by atoms with Crippen molar-refractivity contribution >= 4 is 17.1 Å². The highest BCUT2D eigenvalue weighted by Crippen LogP contribution is 2.40. The van der Waals surface area contributed by atoms with Gasteiger partial charge in [0, 0.05) is 16.9 Å². The fourth-order valence-electron chi connectivity index (χ4n) is 3.27. The third-order valence-corrected chi connectivity index (χ3v) is 4.51. The Morgan fingerprint density at radius 2 is 1.04 bits per heavy atom. The van der Waals surface area contributed by atoms with Gasteiger partial charge in [-0.05, 0) is 48.4 Å². The molecule has 0 bridgehead atoms. The van der Waals surface area contributed by atoms with E-state index in [-0.39, 0.29) is 0 Å². The van der Waals surface area contributed by atoms with Crippen molar-refractivity contribution in [3.63, 3.8) is 0 Å². The largest absolute Gasteiger partial charge is 0.310 e. The highest BCUT2D eigenvalue weighted by molar-refractivity contribution is 5.88. The molecule has 4 rings (SSSR count). The Labute approximate surface area is 155 Å². The molecular formula is C25H21N. The minimum Gasteiger partial charge on any atom is -0.310 e. The Balaban J connectivity index is 1.96. The zero-order chi connectivity index (χ0) is 17.8. The third kappa shape index (κ3) is 3.25. The maximum Gasteiger partial charge on any atom is 0.0542 e. The second-order valence-corrected chi connectivity index (χ2v) is 6.39. The quantitative estimate of drug-likeness (QED) is 0.383. The molecular weight excluding hydrogens is 314 g/mol. The van der Waals surface area contributed by atoms with E-state index in [1.807, 2.05) is 0 Å². The highest BCUT2D eigenvalue weighted by atomic mass is 15.1. The molecule has 0 aromatic heterocycles. The van der Waals surface area contributed by atoms with Gasteiger partial charge in [-0.15, -0.1) is 0 Å². The maximum atomic E-state index is 2.33. The van der Waals surface area contributed by atoms with Crippen LogP contribution in [0.3, 0.4) is 0 Å². The summed E-state index contributed by atoms with van der Waals surface area (Å²) in [5, 5.41) is 0. The molecule has 26 heavy (non-hydrogen) atoms. The van der Waals surface area contributed by atoms with Crippen LogP contribution in [-0.2, 0) is 0 Å². The molecule has 0 unspecified atom stereocenters. The van der Waals surface area contributed by atoms with Gasteiger partial charge in [-0.25, -0.2) is 0 Å². The van der Waals surface area contributed by atoms with Gasteiger partial charge in [0.25, 0.3) is 0 Å². The molecule has 0 amide bonds. The molecule has 4 aromatic carbocycles. The molecule has 0 aliphatic carbocycles. The summed E-state index contributed by atoms with van der Waals surface area (Å²) >= 11 is 0. The van der Waals surface area contributed by atoms with Crippen molar-refractivity contribution in [2.24, 2.45) is 0 Å². The molecule has 0 N–H and O–H groups in total. The van der Waals surface area contributed by atoms with Crippen molar-refractivity contribution in [3.05, 3.63) is 115 Å². The SMILES string of the molecule is Cc1ccc(-c2ccccc2)c(N(c2ccccc2)c2ccccc2)c1. The van der Waals surface area contributed by atoms with E-state index < -0.39 is 0 Å². The van der Waals surface area contributed by atoms with Crippen molar-refractivity contribution in [1.82, 2.24) is 0 Å². The number of anilines is 3. The van der Waals surface area contributed by atoms with Gasteiger partial charge in [0.15, 0.2) is 0 Å². The molecule has 0 radical (unpaired) electrons. The number of para-hydroxylation sites is 2. The molecule has 0 fully saturated rings. The van der Waals surface area contributed by atoms with Crippen LogP contribution in [0.25, 0.3) is 11.1 Å². The van der Waals surface area contributed by atoms with Gasteiger partial charge < -0.3 is 4.90 Å². The predicted octanol–water partition coefficient (Wildman–Crippen LogP) is 7.13. The van der Waals surface area contributed by atoms with Crippen molar-refractivity contribution in [1.29, 1.82) is 0 Å². The van der Waals surface area contributed by atoms with E-state index in [0.29, 0.717) is 0 Å². The first kappa shape index (κ1) is 16.2. The van der Waals surface area contributed by atoms with Gasteiger partial charge >= 0.3 is 0 Å². The molecule has 0 spiro atoms. The van der Waals surface area contributed by atoms with E-state index in [1.54, 1.807) is 0 Å². The summed E-state index contributed by atoms with van der Waals surface area (Å²) in [5.74, 6) is 0. The summed E-state index contributed by atoms with van der Waals surface area (Å²) in [4.78, 5) is 2.33. The van der Waals surface area contributed by atoms with Crippen LogP contribution >= 0.6 is 0 Å². The van der Waals surface area contributed by atoms with Gasteiger partial charge in [0.05, 0.1) is 5.69 Å². The first-order valence-corrected chi connectivity index (χ1v) is 8.89. The Hall–Kier alpha value is -3.32. The van der Waals surface area contributed by atoms with Crippen LogP contribution in [0.5, 0.6) is 0 Å². The number of hydrogen-bond donors (Lipinski definition) is 0. The zero-order valence-corrected chi connectivity index (χ0v) is 14.8. The number of benzene rings is 4. The second kappa shape index (κ2) is 7.28. The molecule has 0 aliphatic rings. The Bertz CT molecular complexity index is 937. The number of hydrogen-bond acceptors (Lipinski definition) is 1. The standard InChI is InChI=1S/C25H21N/c1-20-17-18-24(21-11-5-2-6-12-21)25(19-20)26(22-13-7-3-8-14-22)23-15-9-4-10-16-23/h2-19H,1H3. The van der Waals surface area contributed by atoms with Crippen molar-refractivity contribution in [3.8, 4) is 11.1 Å². The van der Waals surface area contributed by atoms with Gasteiger partial charge in [0.2, 0.25) is 0 Å². The van der Waals surface area contributed by atoms with Crippen LogP contribution in [0.2, 0.25) is 0 Å². The summed E-state index contributed by atoms with van der Waals surface area (Å²) < 4.78 is 0. The molecule has 1 heteroatoms. The van der Waals surface area contributed by atoms with E-state index in [4.69, 9.17) is 0 Å². The molecule has 0 saturated heterocycles. The first-order valence-electron chi connectivity index (χ1n) is 8.89. The van der Waals surface area contributed by atoms with E-state index >= 15 is 0 Å². The molecule has 0 heterocycles. The van der Waals surface area contributed by atoms with Crippen LogP contribution in [0.4, 0.5) is 17.1 Å². The van der Waals surface area contributed by atoms with Gasteiger partial charge in [-0.3, -0.25) is 0 Å². The molecule has 1 nitrogen and oxygen atoms in total. The van der Waals surface area contributed by atoms with Crippen molar-refractivity contribution in [2.45, 2.75) is 6.92 Å². The lowest BCUT2D eigenvalue weighted by Gasteiger charge is -2.28.